The maximum Gasteiger partial charge on any atom is 0.159 e. The van der Waals surface area contributed by atoms with E-state index < -0.39 is 11.6 Å². The van der Waals surface area contributed by atoms with Crippen molar-refractivity contribution >= 4 is 0 Å². The molecule has 3 nitrogen and oxygen atoms in total. The van der Waals surface area contributed by atoms with Gasteiger partial charge in [-0.15, -0.1) is 0 Å². The van der Waals surface area contributed by atoms with Crippen molar-refractivity contribution in [3.05, 3.63) is 47.3 Å². The van der Waals surface area contributed by atoms with E-state index in [2.05, 4.69) is 15.3 Å². The smallest absolute Gasteiger partial charge is 0.159 e. The first-order valence-electron chi connectivity index (χ1n) is 6.10. The van der Waals surface area contributed by atoms with Crippen LogP contribution in [0.15, 0.2) is 24.3 Å². The van der Waals surface area contributed by atoms with Gasteiger partial charge in [0.15, 0.2) is 5.82 Å². The molecule has 0 radical (unpaired) electrons. The van der Waals surface area contributed by atoms with Gasteiger partial charge in [-0.1, -0.05) is 6.92 Å². The highest BCUT2D eigenvalue weighted by Crippen LogP contribution is 2.19. The predicted molar refractivity (Wildman–Crippen MR) is 69.5 cm³/mol. The standard InChI is InChI=1S/C14H15F2N3/c1-3-17-8-13-4-9(2)18-14(19-13)10-5-11(15)7-12(16)6-10/h4-7,17H,3,8H2,1-2H3. The fourth-order valence-electron chi connectivity index (χ4n) is 1.79. The molecule has 19 heavy (non-hydrogen) atoms. The second-order valence-electron chi connectivity index (χ2n) is 4.26. The summed E-state index contributed by atoms with van der Waals surface area (Å²) in [6.45, 7) is 5.25. The third-order valence-corrected chi connectivity index (χ3v) is 2.58. The molecular formula is C14H15F2N3. The fraction of sp³-hybridized carbons (Fsp3) is 0.286. The number of benzene rings is 1. The van der Waals surface area contributed by atoms with Crippen molar-refractivity contribution in [1.82, 2.24) is 15.3 Å². The number of hydrogen-bond donors (Lipinski definition) is 1. The molecule has 0 unspecified atom stereocenters. The molecule has 0 bridgehead atoms. The van der Waals surface area contributed by atoms with E-state index in [-0.39, 0.29) is 0 Å². The molecule has 0 spiro atoms. The third-order valence-electron chi connectivity index (χ3n) is 2.58. The van der Waals surface area contributed by atoms with Gasteiger partial charge in [-0.3, -0.25) is 0 Å². The molecule has 2 rings (SSSR count). The zero-order valence-electron chi connectivity index (χ0n) is 10.9. The zero-order chi connectivity index (χ0) is 13.8. The van der Waals surface area contributed by atoms with Gasteiger partial charge in [-0.25, -0.2) is 18.7 Å². The summed E-state index contributed by atoms with van der Waals surface area (Å²) in [5.74, 6) is -0.923. The largest absolute Gasteiger partial charge is 0.311 e. The number of nitrogens with one attached hydrogen (secondary N) is 1. The summed E-state index contributed by atoms with van der Waals surface area (Å²) >= 11 is 0. The number of hydrogen-bond acceptors (Lipinski definition) is 3. The van der Waals surface area contributed by atoms with E-state index in [1.54, 1.807) is 0 Å². The Kier molecular flexibility index (Phi) is 4.16. The monoisotopic (exact) mass is 263 g/mol. The first-order chi connectivity index (χ1) is 9.08. The van der Waals surface area contributed by atoms with E-state index >= 15 is 0 Å². The van der Waals surface area contributed by atoms with Crippen LogP contribution in [0.2, 0.25) is 0 Å². The van der Waals surface area contributed by atoms with E-state index in [9.17, 15) is 8.78 Å². The molecule has 0 aliphatic carbocycles. The van der Waals surface area contributed by atoms with Crippen LogP contribution in [0.3, 0.4) is 0 Å². The Morgan fingerprint density at radius 1 is 1.05 bits per heavy atom. The summed E-state index contributed by atoms with van der Waals surface area (Å²) < 4.78 is 26.4. The van der Waals surface area contributed by atoms with Crippen LogP contribution in [0, 0.1) is 18.6 Å². The molecule has 0 atom stereocenters. The summed E-state index contributed by atoms with van der Waals surface area (Å²) in [5.41, 5.74) is 1.91. The van der Waals surface area contributed by atoms with Crippen molar-refractivity contribution in [2.24, 2.45) is 0 Å². The van der Waals surface area contributed by atoms with Crippen molar-refractivity contribution in [2.75, 3.05) is 6.54 Å². The molecule has 1 heterocycles. The Labute approximate surface area is 110 Å². The minimum Gasteiger partial charge on any atom is -0.311 e. The van der Waals surface area contributed by atoms with Crippen molar-refractivity contribution < 1.29 is 8.78 Å². The highest BCUT2D eigenvalue weighted by molar-refractivity contribution is 5.55. The highest BCUT2D eigenvalue weighted by Gasteiger charge is 2.08. The number of rotatable bonds is 4. The lowest BCUT2D eigenvalue weighted by molar-refractivity contribution is 0.584. The molecule has 5 heteroatoms. The second-order valence-corrected chi connectivity index (χ2v) is 4.26. The van der Waals surface area contributed by atoms with E-state index in [1.807, 2.05) is 19.9 Å². The number of aryl methyl sites for hydroxylation is 1. The second kappa shape index (κ2) is 5.84. The van der Waals surface area contributed by atoms with Gasteiger partial charge in [0, 0.05) is 23.9 Å². The maximum atomic E-state index is 13.2. The molecule has 0 aliphatic rings. The Bertz CT molecular complexity index is 565. The van der Waals surface area contributed by atoms with Crippen LogP contribution < -0.4 is 5.32 Å². The van der Waals surface area contributed by atoms with Crippen LogP contribution in [0.5, 0.6) is 0 Å². The van der Waals surface area contributed by atoms with E-state index in [4.69, 9.17) is 0 Å². The van der Waals surface area contributed by atoms with E-state index in [0.29, 0.717) is 17.9 Å². The van der Waals surface area contributed by atoms with Gasteiger partial charge in [-0.2, -0.15) is 0 Å². The summed E-state index contributed by atoms with van der Waals surface area (Å²) in [6.07, 6.45) is 0. The van der Waals surface area contributed by atoms with Crippen LogP contribution in [-0.2, 0) is 6.54 Å². The normalized spacial score (nSPS) is 10.7. The summed E-state index contributed by atoms with van der Waals surface area (Å²) in [6, 6.07) is 5.14. The van der Waals surface area contributed by atoms with Crippen molar-refractivity contribution in [3.8, 4) is 11.4 Å². The molecule has 1 aromatic carbocycles. The molecule has 1 aromatic heterocycles. The van der Waals surface area contributed by atoms with Gasteiger partial charge in [0.05, 0.1) is 5.69 Å². The zero-order valence-corrected chi connectivity index (χ0v) is 10.9. The first-order valence-corrected chi connectivity index (χ1v) is 6.10. The van der Waals surface area contributed by atoms with Gasteiger partial charge >= 0.3 is 0 Å². The Morgan fingerprint density at radius 3 is 2.37 bits per heavy atom. The Morgan fingerprint density at radius 2 is 1.74 bits per heavy atom. The lowest BCUT2D eigenvalue weighted by Crippen LogP contribution is -2.13. The van der Waals surface area contributed by atoms with E-state index in [1.165, 1.54) is 12.1 Å². The Hall–Kier alpha value is -1.88. The Balaban J connectivity index is 2.40. The van der Waals surface area contributed by atoms with E-state index in [0.717, 1.165) is 24.0 Å². The summed E-state index contributed by atoms with van der Waals surface area (Å²) in [5, 5.41) is 3.15. The topological polar surface area (TPSA) is 37.8 Å². The summed E-state index contributed by atoms with van der Waals surface area (Å²) in [7, 11) is 0. The van der Waals surface area contributed by atoms with Crippen molar-refractivity contribution in [1.29, 1.82) is 0 Å². The quantitative estimate of drug-likeness (QED) is 0.921. The first kappa shape index (κ1) is 13.5. The van der Waals surface area contributed by atoms with Crippen LogP contribution in [0.4, 0.5) is 8.78 Å². The van der Waals surface area contributed by atoms with Crippen LogP contribution >= 0.6 is 0 Å². The van der Waals surface area contributed by atoms with Crippen molar-refractivity contribution in [3.63, 3.8) is 0 Å². The number of aromatic nitrogens is 2. The molecule has 0 aliphatic heterocycles. The van der Waals surface area contributed by atoms with Gasteiger partial charge < -0.3 is 5.32 Å². The molecule has 2 aromatic rings. The average Bonchev–Trinajstić information content (AvgIpc) is 2.34. The fourth-order valence-corrected chi connectivity index (χ4v) is 1.79. The lowest BCUT2D eigenvalue weighted by Gasteiger charge is -2.07. The molecule has 0 amide bonds. The number of halogens is 2. The highest BCUT2D eigenvalue weighted by atomic mass is 19.1. The molecule has 0 saturated heterocycles. The molecular weight excluding hydrogens is 248 g/mol. The molecule has 1 N–H and O–H groups in total. The third kappa shape index (κ3) is 3.54. The van der Waals surface area contributed by atoms with Gasteiger partial charge in [0.1, 0.15) is 11.6 Å². The van der Waals surface area contributed by atoms with Gasteiger partial charge in [-0.05, 0) is 31.7 Å². The van der Waals surface area contributed by atoms with Crippen LogP contribution in [-0.4, -0.2) is 16.5 Å². The minimum absolute atomic E-state index is 0.339. The predicted octanol–water partition coefficient (Wildman–Crippen LogP) is 2.84. The average molecular weight is 263 g/mol. The summed E-state index contributed by atoms with van der Waals surface area (Å²) in [4.78, 5) is 8.54. The van der Waals surface area contributed by atoms with Crippen LogP contribution in [0.1, 0.15) is 18.3 Å². The molecule has 0 saturated carbocycles. The van der Waals surface area contributed by atoms with Crippen LogP contribution in [0.25, 0.3) is 11.4 Å². The minimum atomic E-state index is -0.631. The van der Waals surface area contributed by atoms with Crippen molar-refractivity contribution in [2.45, 2.75) is 20.4 Å². The van der Waals surface area contributed by atoms with Gasteiger partial charge in [0.25, 0.3) is 0 Å². The SMILES string of the molecule is CCNCc1cc(C)nc(-c2cc(F)cc(F)c2)n1. The molecule has 0 fully saturated rings. The molecule has 100 valence electrons. The lowest BCUT2D eigenvalue weighted by atomic mass is 10.2. The maximum absolute atomic E-state index is 13.2. The van der Waals surface area contributed by atoms with Gasteiger partial charge in [0.2, 0.25) is 0 Å². The number of nitrogens with zero attached hydrogens (tertiary/aromatic N) is 2.